The van der Waals surface area contributed by atoms with E-state index in [0.717, 1.165) is 10.9 Å². The first-order valence-electron chi connectivity index (χ1n) is 9.61. The lowest BCUT2D eigenvalue weighted by atomic mass is 9.77. The first kappa shape index (κ1) is 20.6. The van der Waals surface area contributed by atoms with Gasteiger partial charge in [0, 0.05) is 49.5 Å². The molecule has 0 fully saturated rings. The smallest absolute Gasteiger partial charge is 0.335 e. The van der Waals surface area contributed by atoms with Crippen molar-refractivity contribution in [1.82, 2.24) is 9.88 Å². The van der Waals surface area contributed by atoms with Gasteiger partial charge in [-0.15, -0.1) is 0 Å². The third-order valence-corrected chi connectivity index (χ3v) is 5.45. The maximum atomic E-state index is 13.0. The lowest BCUT2D eigenvalue weighted by molar-refractivity contribution is -0.141. The molecule has 2 aromatic rings. The first-order valence-corrected chi connectivity index (χ1v) is 9.61. The lowest BCUT2D eigenvalue weighted by Gasteiger charge is -2.36. The summed E-state index contributed by atoms with van der Waals surface area (Å²) < 4.78 is 9.71. The van der Waals surface area contributed by atoms with Gasteiger partial charge < -0.3 is 19.4 Å². The quantitative estimate of drug-likeness (QED) is 0.570. The van der Waals surface area contributed by atoms with E-state index in [4.69, 9.17) is 9.47 Å². The summed E-state index contributed by atoms with van der Waals surface area (Å²) in [5, 5.41) is 0.963. The Balaban J connectivity index is 1.86. The number of carbonyl (C=O) groups is 3. The van der Waals surface area contributed by atoms with Gasteiger partial charge in [0.2, 0.25) is 0 Å². The number of ether oxygens (including phenoxy) is 2. The molecule has 3 rings (SSSR count). The van der Waals surface area contributed by atoms with Gasteiger partial charge in [-0.1, -0.05) is 18.2 Å². The van der Waals surface area contributed by atoms with Gasteiger partial charge in [-0.05, 0) is 24.5 Å². The minimum Gasteiger partial charge on any atom is -0.469 e. The van der Waals surface area contributed by atoms with Crippen LogP contribution < -0.4 is 0 Å². The zero-order chi connectivity index (χ0) is 21.0. The van der Waals surface area contributed by atoms with Crippen LogP contribution in [0.15, 0.2) is 42.1 Å². The largest absolute Gasteiger partial charge is 0.469 e. The number of nitrogens with zero attached hydrogens (tertiary/aromatic N) is 1. The first-order chi connectivity index (χ1) is 13.9. The van der Waals surface area contributed by atoms with Gasteiger partial charge in [-0.3, -0.25) is 9.59 Å². The van der Waals surface area contributed by atoms with Crippen LogP contribution in [0.1, 0.15) is 29.8 Å². The zero-order valence-electron chi connectivity index (χ0n) is 16.9. The number of benzene rings is 1. The van der Waals surface area contributed by atoms with E-state index in [1.54, 1.807) is 6.20 Å². The monoisotopic (exact) mass is 398 g/mol. The Morgan fingerprint density at radius 3 is 2.62 bits per heavy atom. The number of esters is 2. The highest BCUT2D eigenvalue weighted by Crippen LogP contribution is 2.35. The molecular formula is C22H26N2O5. The van der Waals surface area contributed by atoms with Gasteiger partial charge in [0.05, 0.1) is 25.5 Å². The summed E-state index contributed by atoms with van der Waals surface area (Å²) in [7, 11) is 4.55. The van der Waals surface area contributed by atoms with Crippen LogP contribution in [0.4, 0.5) is 0 Å². The van der Waals surface area contributed by atoms with Crippen molar-refractivity contribution in [2.45, 2.75) is 19.3 Å². The van der Waals surface area contributed by atoms with Crippen molar-refractivity contribution in [3.63, 3.8) is 0 Å². The van der Waals surface area contributed by atoms with E-state index in [2.05, 4.69) is 4.98 Å². The average Bonchev–Trinajstić information content (AvgIpc) is 3.17. The third kappa shape index (κ3) is 4.67. The summed E-state index contributed by atoms with van der Waals surface area (Å²) in [6, 6.07) is 9.52. The van der Waals surface area contributed by atoms with Crippen molar-refractivity contribution in [2.75, 3.05) is 27.8 Å². The van der Waals surface area contributed by atoms with E-state index in [1.165, 1.54) is 14.2 Å². The van der Waals surface area contributed by atoms with Crippen LogP contribution in [-0.2, 0) is 19.1 Å². The molecule has 0 saturated carbocycles. The van der Waals surface area contributed by atoms with Crippen LogP contribution in [-0.4, -0.2) is 55.4 Å². The number of aromatic nitrogens is 1. The van der Waals surface area contributed by atoms with Crippen molar-refractivity contribution in [2.24, 2.45) is 11.8 Å². The average molecular weight is 398 g/mol. The fourth-order valence-corrected chi connectivity index (χ4v) is 3.97. The summed E-state index contributed by atoms with van der Waals surface area (Å²) in [6.07, 6.45) is 2.66. The Labute approximate surface area is 169 Å². The Bertz CT molecular complexity index is 913. The van der Waals surface area contributed by atoms with Crippen molar-refractivity contribution in [3.05, 3.63) is 47.8 Å². The van der Waals surface area contributed by atoms with Crippen LogP contribution >= 0.6 is 0 Å². The van der Waals surface area contributed by atoms with Crippen molar-refractivity contribution < 1.29 is 23.9 Å². The molecule has 0 radical (unpaired) electrons. The summed E-state index contributed by atoms with van der Waals surface area (Å²) in [5.41, 5.74) is 1.87. The number of methoxy groups -OCH3 is 2. The second-order valence-electron chi connectivity index (χ2n) is 7.39. The van der Waals surface area contributed by atoms with Crippen LogP contribution in [0.25, 0.3) is 10.9 Å². The minimum absolute atomic E-state index is 0.0495. The number of nitrogens with one attached hydrogen (secondary N) is 1. The molecule has 7 heteroatoms. The van der Waals surface area contributed by atoms with E-state index in [9.17, 15) is 14.4 Å². The Morgan fingerprint density at radius 1 is 1.17 bits per heavy atom. The molecule has 0 aliphatic carbocycles. The molecule has 0 spiro atoms. The molecule has 0 saturated heterocycles. The molecule has 2 atom stereocenters. The number of fused-ring (bicyclic) bond motifs is 1. The minimum atomic E-state index is -0.450. The highest BCUT2D eigenvalue weighted by atomic mass is 16.5. The van der Waals surface area contributed by atoms with Gasteiger partial charge in [0.25, 0.3) is 0 Å². The van der Waals surface area contributed by atoms with Crippen LogP contribution in [0.3, 0.4) is 0 Å². The standard InChI is InChI=1S/C22H26N2O5/c1-24-12-15(8-9-21(26)28-2)16(17(13-24)22(27)29-3)11-20(25)19-10-14-6-4-5-7-18(14)23-19/h4-7,10,13,15-16,23H,8-9,11-12H2,1-3H3. The van der Waals surface area contributed by atoms with E-state index in [1.807, 2.05) is 42.3 Å². The normalized spacial score (nSPS) is 19.0. The maximum Gasteiger partial charge on any atom is 0.335 e. The van der Waals surface area contributed by atoms with Gasteiger partial charge in [0.1, 0.15) is 0 Å². The molecule has 1 N–H and O–H groups in total. The molecule has 1 aromatic heterocycles. The fourth-order valence-electron chi connectivity index (χ4n) is 3.97. The predicted molar refractivity (Wildman–Crippen MR) is 108 cm³/mol. The highest BCUT2D eigenvalue weighted by molar-refractivity contribution is 6.00. The summed E-state index contributed by atoms with van der Waals surface area (Å²) in [4.78, 5) is 42.1. The number of Topliss-reactive ketones (excluding diaryl/α,β-unsaturated/α-hetero) is 1. The lowest BCUT2D eigenvalue weighted by Crippen LogP contribution is -2.37. The number of ketones is 1. The molecule has 0 amide bonds. The Kier molecular flexibility index (Phi) is 6.36. The van der Waals surface area contributed by atoms with Crippen LogP contribution in [0, 0.1) is 11.8 Å². The molecular weight excluding hydrogens is 372 g/mol. The Morgan fingerprint density at radius 2 is 1.93 bits per heavy atom. The fraction of sp³-hybridized carbons (Fsp3) is 0.409. The van der Waals surface area contributed by atoms with Crippen molar-refractivity contribution in [1.29, 1.82) is 0 Å². The van der Waals surface area contributed by atoms with Gasteiger partial charge >= 0.3 is 11.9 Å². The number of hydrogen-bond acceptors (Lipinski definition) is 6. The van der Waals surface area contributed by atoms with Gasteiger partial charge in [-0.25, -0.2) is 4.79 Å². The molecule has 2 heterocycles. The van der Waals surface area contributed by atoms with E-state index in [-0.39, 0.29) is 36.4 Å². The van der Waals surface area contributed by atoms with E-state index in [0.29, 0.717) is 24.2 Å². The molecule has 1 aromatic carbocycles. The maximum absolute atomic E-state index is 13.0. The summed E-state index contributed by atoms with van der Waals surface area (Å²) >= 11 is 0. The molecule has 1 aliphatic heterocycles. The van der Waals surface area contributed by atoms with Crippen LogP contribution in [0.5, 0.6) is 0 Å². The van der Waals surface area contributed by atoms with Crippen LogP contribution in [0.2, 0.25) is 0 Å². The predicted octanol–water partition coefficient (Wildman–Crippen LogP) is 2.93. The number of aromatic amines is 1. The summed E-state index contributed by atoms with van der Waals surface area (Å²) in [5.74, 6) is -1.21. The molecule has 1 aliphatic rings. The molecule has 2 unspecified atom stereocenters. The van der Waals surface area contributed by atoms with Gasteiger partial charge in [-0.2, -0.15) is 0 Å². The second-order valence-corrected chi connectivity index (χ2v) is 7.39. The number of carbonyl (C=O) groups excluding carboxylic acids is 3. The van der Waals surface area contributed by atoms with E-state index < -0.39 is 5.97 Å². The molecule has 154 valence electrons. The molecule has 29 heavy (non-hydrogen) atoms. The number of H-pyrrole nitrogens is 1. The SMILES string of the molecule is COC(=O)CCC1CN(C)C=C(C(=O)OC)C1CC(=O)c1cc2ccccc2[nH]1. The number of hydrogen-bond donors (Lipinski definition) is 1. The zero-order valence-corrected chi connectivity index (χ0v) is 16.9. The number of para-hydroxylation sites is 1. The third-order valence-electron chi connectivity index (χ3n) is 5.45. The summed E-state index contributed by atoms with van der Waals surface area (Å²) in [6.45, 7) is 0.641. The molecule has 0 bridgehead atoms. The van der Waals surface area contributed by atoms with Gasteiger partial charge in [0.15, 0.2) is 5.78 Å². The van der Waals surface area contributed by atoms with Crippen molar-refractivity contribution >= 4 is 28.6 Å². The number of rotatable bonds is 7. The molecule has 7 nitrogen and oxygen atoms in total. The van der Waals surface area contributed by atoms with Crippen molar-refractivity contribution in [3.8, 4) is 0 Å². The highest BCUT2D eigenvalue weighted by Gasteiger charge is 2.36. The second kappa shape index (κ2) is 8.94. The van der Waals surface area contributed by atoms with E-state index >= 15 is 0 Å². The Hall–Kier alpha value is -3.09. The topological polar surface area (TPSA) is 88.7 Å².